The monoisotopic (exact) mass is 392 g/mol. The van der Waals surface area contributed by atoms with Gasteiger partial charge >= 0.3 is 0 Å². The van der Waals surface area contributed by atoms with Gasteiger partial charge in [0, 0.05) is 47.6 Å². The van der Waals surface area contributed by atoms with E-state index in [1.807, 2.05) is 65.1 Å². The second-order valence-corrected chi connectivity index (χ2v) is 7.30. The highest BCUT2D eigenvalue weighted by molar-refractivity contribution is 5.93. The van der Waals surface area contributed by atoms with Crippen molar-refractivity contribution in [2.45, 2.75) is 41.0 Å². The van der Waals surface area contributed by atoms with Gasteiger partial charge in [-0.3, -0.25) is 4.79 Å². The Morgan fingerprint density at radius 2 is 1.79 bits per heavy atom. The van der Waals surface area contributed by atoms with Crippen LogP contribution in [0.15, 0.2) is 30.3 Å². The molecule has 2 heterocycles. The zero-order valence-corrected chi connectivity index (χ0v) is 17.9. The molecule has 152 valence electrons. The third-order valence-electron chi connectivity index (χ3n) is 4.98. The lowest BCUT2D eigenvalue weighted by atomic mass is 10.1. The average molecular weight is 393 g/mol. The molecule has 3 aromatic rings. The van der Waals surface area contributed by atoms with Gasteiger partial charge in [0.2, 0.25) is 5.91 Å². The minimum absolute atomic E-state index is 0.0756. The number of carbonyl (C=O) groups excluding carboxylic acids is 1. The zero-order chi connectivity index (χ0) is 21.1. The molecular formula is C22H28N6O. The average Bonchev–Trinajstić information content (AvgIpc) is 2.95. The highest BCUT2D eigenvalue weighted by Crippen LogP contribution is 2.20. The van der Waals surface area contributed by atoms with E-state index in [1.54, 1.807) is 4.68 Å². The third kappa shape index (κ3) is 4.62. The molecule has 0 atom stereocenters. The minimum atomic E-state index is -0.0756. The lowest BCUT2D eigenvalue weighted by Crippen LogP contribution is -2.18. The molecule has 0 aliphatic carbocycles. The maximum Gasteiger partial charge on any atom is 0.251 e. The number of hydrogen-bond donors (Lipinski definition) is 1. The Morgan fingerprint density at radius 3 is 2.45 bits per heavy atom. The molecule has 3 rings (SSSR count). The van der Waals surface area contributed by atoms with E-state index in [9.17, 15) is 4.79 Å². The number of amides is 1. The molecule has 0 aliphatic rings. The van der Waals surface area contributed by atoms with Crippen molar-refractivity contribution >= 4 is 17.3 Å². The standard InChI is InChI=1S/C22H28N6O/c1-7-27(6)19-10-8-9-18(12-19)25-21(29)13-20-16(4)26-28(17(20)5)22-23-14(2)11-15(3)24-22/h8-12H,7,13H2,1-6H3,(H,25,29). The number of aryl methyl sites for hydroxylation is 3. The Morgan fingerprint density at radius 1 is 1.10 bits per heavy atom. The van der Waals surface area contributed by atoms with Crippen LogP contribution in [-0.2, 0) is 11.2 Å². The van der Waals surface area contributed by atoms with Crippen LogP contribution in [0.25, 0.3) is 5.95 Å². The van der Waals surface area contributed by atoms with Crippen LogP contribution in [0.4, 0.5) is 11.4 Å². The van der Waals surface area contributed by atoms with Crippen LogP contribution >= 0.6 is 0 Å². The Balaban J connectivity index is 1.80. The summed E-state index contributed by atoms with van der Waals surface area (Å²) in [4.78, 5) is 23.8. The van der Waals surface area contributed by atoms with E-state index in [0.29, 0.717) is 5.95 Å². The molecule has 2 aromatic heterocycles. The molecule has 1 N–H and O–H groups in total. The summed E-state index contributed by atoms with van der Waals surface area (Å²) in [6.45, 7) is 10.7. The molecule has 1 aromatic carbocycles. The van der Waals surface area contributed by atoms with Crippen LogP contribution < -0.4 is 10.2 Å². The first-order valence-corrected chi connectivity index (χ1v) is 9.77. The second-order valence-electron chi connectivity index (χ2n) is 7.30. The smallest absolute Gasteiger partial charge is 0.251 e. The van der Waals surface area contributed by atoms with E-state index < -0.39 is 0 Å². The van der Waals surface area contributed by atoms with Crippen molar-refractivity contribution in [3.05, 3.63) is 58.7 Å². The second kappa shape index (κ2) is 8.43. The van der Waals surface area contributed by atoms with Gasteiger partial charge in [-0.25, -0.2) is 14.6 Å². The normalized spacial score (nSPS) is 10.8. The summed E-state index contributed by atoms with van der Waals surface area (Å²) in [6.07, 6.45) is 0.246. The number of nitrogens with zero attached hydrogens (tertiary/aromatic N) is 5. The molecule has 0 unspecified atom stereocenters. The lowest BCUT2D eigenvalue weighted by molar-refractivity contribution is -0.115. The fraction of sp³-hybridized carbons (Fsp3) is 0.364. The number of hydrogen-bond acceptors (Lipinski definition) is 5. The Bertz CT molecular complexity index is 1020. The first kappa shape index (κ1) is 20.5. The zero-order valence-electron chi connectivity index (χ0n) is 17.9. The van der Waals surface area contributed by atoms with Gasteiger partial charge in [0.25, 0.3) is 5.95 Å². The van der Waals surface area contributed by atoms with Gasteiger partial charge in [-0.15, -0.1) is 0 Å². The predicted molar refractivity (Wildman–Crippen MR) is 116 cm³/mol. The minimum Gasteiger partial charge on any atom is -0.375 e. The van der Waals surface area contributed by atoms with Gasteiger partial charge < -0.3 is 10.2 Å². The SMILES string of the molecule is CCN(C)c1cccc(NC(=O)Cc2c(C)nn(-c3nc(C)cc(C)n3)c2C)c1. The van der Waals surface area contributed by atoms with E-state index in [4.69, 9.17) is 0 Å². The summed E-state index contributed by atoms with van der Waals surface area (Å²) >= 11 is 0. The quantitative estimate of drug-likeness (QED) is 0.694. The number of aromatic nitrogens is 4. The molecule has 0 bridgehead atoms. The maximum atomic E-state index is 12.7. The summed E-state index contributed by atoms with van der Waals surface area (Å²) < 4.78 is 1.72. The molecule has 0 radical (unpaired) electrons. The van der Waals surface area contributed by atoms with E-state index in [-0.39, 0.29) is 12.3 Å². The molecule has 7 nitrogen and oxygen atoms in total. The summed E-state index contributed by atoms with van der Waals surface area (Å²) in [5, 5.41) is 7.57. The molecule has 7 heteroatoms. The van der Waals surface area contributed by atoms with Gasteiger partial charge in [-0.05, 0) is 58.9 Å². The summed E-state index contributed by atoms with van der Waals surface area (Å²) in [5.74, 6) is 0.457. The van der Waals surface area contributed by atoms with E-state index in [0.717, 1.165) is 46.3 Å². The van der Waals surface area contributed by atoms with Crippen molar-refractivity contribution in [3.63, 3.8) is 0 Å². The number of benzene rings is 1. The Kier molecular flexibility index (Phi) is 5.96. The van der Waals surface area contributed by atoms with Crippen molar-refractivity contribution in [3.8, 4) is 5.95 Å². The van der Waals surface area contributed by atoms with Gasteiger partial charge in [-0.2, -0.15) is 5.10 Å². The summed E-state index contributed by atoms with van der Waals surface area (Å²) in [5.41, 5.74) is 6.20. The number of anilines is 2. The topological polar surface area (TPSA) is 75.9 Å². The van der Waals surface area contributed by atoms with Crippen molar-refractivity contribution in [2.75, 3.05) is 23.8 Å². The summed E-state index contributed by atoms with van der Waals surface area (Å²) in [7, 11) is 2.02. The largest absolute Gasteiger partial charge is 0.375 e. The molecular weight excluding hydrogens is 364 g/mol. The first-order chi connectivity index (χ1) is 13.8. The highest BCUT2D eigenvalue weighted by atomic mass is 16.1. The van der Waals surface area contributed by atoms with E-state index in [2.05, 4.69) is 32.2 Å². The van der Waals surface area contributed by atoms with E-state index >= 15 is 0 Å². The molecule has 0 spiro atoms. The van der Waals surface area contributed by atoms with Gasteiger partial charge in [-0.1, -0.05) is 6.07 Å². The molecule has 0 aliphatic heterocycles. The molecule has 29 heavy (non-hydrogen) atoms. The molecule has 0 fully saturated rings. The van der Waals surface area contributed by atoms with Gasteiger partial charge in [0.05, 0.1) is 12.1 Å². The molecule has 0 saturated carbocycles. The van der Waals surface area contributed by atoms with Crippen molar-refractivity contribution in [2.24, 2.45) is 0 Å². The van der Waals surface area contributed by atoms with Crippen molar-refractivity contribution in [1.82, 2.24) is 19.7 Å². The van der Waals surface area contributed by atoms with Crippen LogP contribution in [0.3, 0.4) is 0 Å². The van der Waals surface area contributed by atoms with E-state index in [1.165, 1.54) is 0 Å². The van der Waals surface area contributed by atoms with Crippen molar-refractivity contribution < 1.29 is 4.79 Å². The Labute approximate surface area is 171 Å². The number of carbonyl (C=O) groups is 1. The molecule has 0 saturated heterocycles. The lowest BCUT2D eigenvalue weighted by Gasteiger charge is -2.17. The fourth-order valence-corrected chi connectivity index (χ4v) is 3.30. The summed E-state index contributed by atoms with van der Waals surface area (Å²) in [6, 6.07) is 9.78. The van der Waals surface area contributed by atoms with Crippen LogP contribution in [-0.4, -0.2) is 39.2 Å². The highest BCUT2D eigenvalue weighted by Gasteiger charge is 2.18. The van der Waals surface area contributed by atoms with Gasteiger partial charge in [0.1, 0.15) is 0 Å². The van der Waals surface area contributed by atoms with Crippen molar-refractivity contribution in [1.29, 1.82) is 0 Å². The van der Waals surface area contributed by atoms with Crippen LogP contribution in [0.2, 0.25) is 0 Å². The maximum absolute atomic E-state index is 12.7. The van der Waals surface area contributed by atoms with Gasteiger partial charge in [0.15, 0.2) is 0 Å². The first-order valence-electron chi connectivity index (χ1n) is 9.77. The number of rotatable bonds is 6. The third-order valence-corrected chi connectivity index (χ3v) is 4.98. The van der Waals surface area contributed by atoms with Crippen LogP contribution in [0, 0.1) is 27.7 Å². The Hall–Kier alpha value is -3.22. The number of nitrogens with one attached hydrogen (secondary N) is 1. The molecule has 1 amide bonds. The van der Waals surface area contributed by atoms with Crippen LogP contribution in [0.5, 0.6) is 0 Å². The predicted octanol–water partition coefficient (Wildman–Crippen LogP) is 3.53. The fourth-order valence-electron chi connectivity index (χ4n) is 3.30. The van der Waals surface area contributed by atoms with Crippen LogP contribution in [0.1, 0.15) is 35.3 Å².